The number of hydrogen-bond acceptors (Lipinski definition) is 7. The summed E-state index contributed by atoms with van der Waals surface area (Å²) in [5.74, 6) is 1.05. The van der Waals surface area contributed by atoms with Gasteiger partial charge in [0.2, 0.25) is 0 Å². The minimum atomic E-state index is -1.09. The normalized spacial score (nSPS) is 11.8. The van der Waals surface area contributed by atoms with Gasteiger partial charge in [-0.2, -0.15) is 0 Å². The van der Waals surface area contributed by atoms with E-state index in [1.807, 2.05) is 67.6 Å². The number of aryl methyl sites for hydroxylation is 1. The smallest absolute Gasteiger partial charge is 0.330 e. The van der Waals surface area contributed by atoms with Gasteiger partial charge < -0.3 is 24.1 Å². The van der Waals surface area contributed by atoms with Crippen LogP contribution in [0, 0.1) is 6.92 Å². The Hall–Kier alpha value is -4.98. The van der Waals surface area contributed by atoms with Gasteiger partial charge in [0.25, 0.3) is 0 Å². The summed E-state index contributed by atoms with van der Waals surface area (Å²) >= 11 is 0. The Morgan fingerprint density at radius 3 is 1.93 bits per heavy atom. The van der Waals surface area contributed by atoms with Crippen LogP contribution in [0.15, 0.2) is 110 Å². The van der Waals surface area contributed by atoms with Gasteiger partial charge in [0, 0.05) is 33.7 Å². The Bertz CT molecular complexity index is 1670. The van der Waals surface area contributed by atoms with E-state index in [0.717, 1.165) is 28.3 Å². The van der Waals surface area contributed by atoms with Gasteiger partial charge in [0.1, 0.15) is 23.9 Å². The largest absolute Gasteiger partial charge is 0.496 e. The number of esters is 1. The van der Waals surface area contributed by atoms with E-state index in [2.05, 4.69) is 27.0 Å². The quantitative estimate of drug-likeness (QED) is 0.0520. The first-order valence-electron chi connectivity index (χ1n) is 14.5. The highest BCUT2D eigenvalue weighted by Gasteiger charge is 2.26. The molecule has 4 rings (SSSR count). The molecule has 0 heterocycles. The van der Waals surface area contributed by atoms with Crippen LogP contribution in [0.3, 0.4) is 0 Å². The molecule has 0 aliphatic rings. The molecule has 1 atom stereocenters. The van der Waals surface area contributed by atoms with Gasteiger partial charge in [-0.25, -0.2) is 4.79 Å². The van der Waals surface area contributed by atoms with Crippen molar-refractivity contribution in [2.24, 2.45) is 0 Å². The van der Waals surface area contributed by atoms with Crippen LogP contribution >= 0.6 is 0 Å². The van der Waals surface area contributed by atoms with Gasteiger partial charge in [-0.15, -0.1) is 0 Å². The molecule has 1 unspecified atom stereocenters. The molecule has 0 aromatic heterocycles. The van der Waals surface area contributed by atoms with Gasteiger partial charge in [0.15, 0.2) is 12.1 Å². The first-order chi connectivity index (χ1) is 21.5. The Morgan fingerprint density at radius 1 is 0.822 bits per heavy atom. The molecule has 0 saturated heterocycles. The van der Waals surface area contributed by atoms with Crippen molar-refractivity contribution >= 4 is 11.8 Å². The number of carbonyl (C=O) groups is 2. The van der Waals surface area contributed by atoms with E-state index in [0.29, 0.717) is 33.9 Å². The van der Waals surface area contributed by atoms with Crippen molar-refractivity contribution in [3.8, 4) is 17.2 Å². The summed E-state index contributed by atoms with van der Waals surface area (Å²) < 4.78 is 22.6. The molecule has 0 amide bonds. The third kappa shape index (κ3) is 8.15. The van der Waals surface area contributed by atoms with Crippen molar-refractivity contribution in [1.82, 2.24) is 0 Å². The number of ether oxygens (including phenoxy) is 4. The van der Waals surface area contributed by atoms with Crippen molar-refractivity contribution < 1.29 is 33.6 Å². The maximum absolute atomic E-state index is 12.9. The highest BCUT2D eigenvalue weighted by molar-refractivity contribution is 6.09. The second-order valence-corrected chi connectivity index (χ2v) is 11.0. The Morgan fingerprint density at radius 2 is 1.38 bits per heavy atom. The predicted molar refractivity (Wildman–Crippen MR) is 174 cm³/mol. The van der Waals surface area contributed by atoms with E-state index in [4.69, 9.17) is 18.9 Å². The lowest BCUT2D eigenvalue weighted by atomic mass is 9.77. The number of methoxy groups -OCH3 is 1. The molecule has 7 nitrogen and oxygen atoms in total. The molecule has 7 heteroatoms. The van der Waals surface area contributed by atoms with Crippen molar-refractivity contribution in [3.05, 3.63) is 149 Å². The predicted octanol–water partition coefficient (Wildman–Crippen LogP) is 7.60. The highest BCUT2D eigenvalue weighted by Crippen LogP contribution is 2.37. The average Bonchev–Trinajstić information content (AvgIpc) is 3.06. The molecular formula is C38H38O7. The summed E-state index contributed by atoms with van der Waals surface area (Å²) in [6.07, 6.45) is 1.33. The van der Waals surface area contributed by atoms with Crippen LogP contribution in [-0.2, 0) is 32.9 Å². The molecule has 0 fully saturated rings. The summed E-state index contributed by atoms with van der Waals surface area (Å²) in [4.78, 5) is 24.9. The summed E-state index contributed by atoms with van der Waals surface area (Å²) in [7, 11) is 1.58. The molecule has 4 aromatic rings. The van der Waals surface area contributed by atoms with Crippen LogP contribution in [0.1, 0.15) is 57.6 Å². The Kier molecular flexibility index (Phi) is 10.7. The molecule has 232 valence electrons. The van der Waals surface area contributed by atoms with Crippen LogP contribution < -0.4 is 9.47 Å². The fraction of sp³-hybridized carbons (Fsp3) is 0.211. The number of rotatable bonds is 14. The lowest BCUT2D eigenvalue weighted by Crippen LogP contribution is -2.20. The van der Waals surface area contributed by atoms with Gasteiger partial charge in [-0.3, -0.25) is 4.79 Å². The van der Waals surface area contributed by atoms with Crippen molar-refractivity contribution in [2.75, 3.05) is 7.11 Å². The van der Waals surface area contributed by atoms with Crippen molar-refractivity contribution in [3.63, 3.8) is 0 Å². The summed E-state index contributed by atoms with van der Waals surface area (Å²) in [5, 5.41) is 9.80. The summed E-state index contributed by atoms with van der Waals surface area (Å²) in [5.41, 5.74) is 5.11. The fourth-order valence-corrected chi connectivity index (χ4v) is 4.75. The molecular weight excluding hydrogens is 568 g/mol. The van der Waals surface area contributed by atoms with Gasteiger partial charge >= 0.3 is 5.97 Å². The summed E-state index contributed by atoms with van der Waals surface area (Å²) in [6, 6.07) is 26.0. The van der Waals surface area contributed by atoms with E-state index in [-0.39, 0.29) is 19.0 Å². The number of aliphatic hydroxyl groups excluding tert-OH is 1. The highest BCUT2D eigenvalue weighted by atomic mass is 16.6. The summed E-state index contributed by atoms with van der Waals surface area (Å²) in [6.45, 7) is 13.3. The maximum Gasteiger partial charge on any atom is 0.330 e. The van der Waals surface area contributed by atoms with Crippen LogP contribution in [0.4, 0.5) is 0 Å². The first kappa shape index (κ1) is 32.9. The number of carbonyl (C=O) groups excluding carboxylic acids is 2. The lowest BCUT2D eigenvalue weighted by molar-refractivity contribution is -0.139. The Labute approximate surface area is 264 Å². The molecule has 0 saturated carbocycles. The van der Waals surface area contributed by atoms with Gasteiger partial charge in [-0.1, -0.05) is 69.0 Å². The molecule has 0 radical (unpaired) electrons. The van der Waals surface area contributed by atoms with Crippen LogP contribution in [-0.4, -0.2) is 30.3 Å². The third-order valence-electron chi connectivity index (χ3n) is 7.59. The molecule has 0 bridgehead atoms. The average molecular weight is 607 g/mol. The second-order valence-electron chi connectivity index (χ2n) is 11.0. The standard InChI is InChI=1S/C38H38O7/c1-7-35(39)43-23-28-21-30(15-19-33(28)42-6)38(4,5)31-16-20-34(29(22-31)24-44-36(40)8-2)45-32-17-13-27(14-18-32)37(41)26-11-9-25(3)10-12-26/h7-22,35,39H,1-2,23-24H2,3-6H3. The molecule has 0 aliphatic carbocycles. The number of hydrogen-bond donors (Lipinski definition) is 1. The second kappa shape index (κ2) is 14.7. The van der Waals surface area contributed by atoms with Crippen molar-refractivity contribution in [2.45, 2.75) is 45.7 Å². The molecule has 0 spiro atoms. The third-order valence-corrected chi connectivity index (χ3v) is 7.59. The molecule has 45 heavy (non-hydrogen) atoms. The van der Waals surface area contributed by atoms with E-state index in [1.165, 1.54) is 6.08 Å². The topological polar surface area (TPSA) is 91.3 Å². The van der Waals surface area contributed by atoms with Gasteiger partial charge in [0.05, 0.1) is 13.7 Å². The van der Waals surface area contributed by atoms with E-state index in [9.17, 15) is 14.7 Å². The Balaban J connectivity index is 1.62. The van der Waals surface area contributed by atoms with Crippen LogP contribution in [0.5, 0.6) is 17.2 Å². The first-order valence-corrected chi connectivity index (χ1v) is 14.5. The molecule has 4 aromatic carbocycles. The van der Waals surface area contributed by atoms with Crippen molar-refractivity contribution in [1.29, 1.82) is 0 Å². The SMILES string of the molecule is C=CC(=O)OCc1cc(C(C)(C)c2ccc(OC)c(COC(O)C=C)c2)ccc1Oc1ccc(C(=O)c2ccc(C)cc2)cc1. The lowest BCUT2D eigenvalue weighted by Gasteiger charge is -2.28. The zero-order valence-corrected chi connectivity index (χ0v) is 26.0. The number of aliphatic hydroxyl groups is 1. The van der Waals surface area contributed by atoms with E-state index < -0.39 is 17.7 Å². The maximum atomic E-state index is 12.9. The monoisotopic (exact) mass is 606 g/mol. The van der Waals surface area contributed by atoms with Crippen LogP contribution in [0.25, 0.3) is 0 Å². The number of ketones is 1. The van der Waals surface area contributed by atoms with E-state index in [1.54, 1.807) is 31.4 Å². The zero-order valence-electron chi connectivity index (χ0n) is 26.0. The van der Waals surface area contributed by atoms with E-state index >= 15 is 0 Å². The molecule has 1 N–H and O–H groups in total. The van der Waals surface area contributed by atoms with Crippen LogP contribution in [0.2, 0.25) is 0 Å². The molecule has 0 aliphatic heterocycles. The fourth-order valence-electron chi connectivity index (χ4n) is 4.75. The van der Waals surface area contributed by atoms with Gasteiger partial charge in [-0.05, 0) is 72.7 Å². The minimum Gasteiger partial charge on any atom is -0.496 e. The number of benzene rings is 4. The minimum absolute atomic E-state index is 0.0325. The zero-order chi connectivity index (χ0) is 32.6.